The molecular formula is C9H8BrO. The van der Waals surface area contributed by atoms with Crippen molar-refractivity contribution in [2.75, 3.05) is 6.61 Å². The van der Waals surface area contributed by atoms with Crippen LogP contribution in [0.25, 0.3) is 0 Å². The highest BCUT2D eigenvalue weighted by molar-refractivity contribution is 9.10. The molecule has 0 bridgehead atoms. The Labute approximate surface area is 74.5 Å². The van der Waals surface area contributed by atoms with Crippen molar-refractivity contribution in [3.63, 3.8) is 0 Å². The minimum absolute atomic E-state index is 0.809. The second kappa shape index (κ2) is 2.86. The molecule has 0 N–H and O–H groups in total. The molecule has 1 nitrogen and oxygen atoms in total. The SMILES string of the molecule is Brc1cccc2c1[CH]CCO2. The predicted octanol–water partition coefficient (Wildman–Crippen LogP) is 2.78. The number of hydrogen-bond donors (Lipinski definition) is 0. The highest BCUT2D eigenvalue weighted by atomic mass is 79.9. The monoisotopic (exact) mass is 211 g/mol. The average molecular weight is 212 g/mol. The molecule has 0 atom stereocenters. The molecule has 2 heteroatoms. The third-order valence-electron chi connectivity index (χ3n) is 1.74. The Morgan fingerprint density at radius 3 is 3.09 bits per heavy atom. The van der Waals surface area contributed by atoms with Crippen LogP contribution in [0, 0.1) is 6.42 Å². The summed E-state index contributed by atoms with van der Waals surface area (Å²) in [4.78, 5) is 0. The van der Waals surface area contributed by atoms with Crippen molar-refractivity contribution in [3.8, 4) is 5.75 Å². The number of rotatable bonds is 0. The van der Waals surface area contributed by atoms with Gasteiger partial charge in [-0.25, -0.2) is 0 Å². The van der Waals surface area contributed by atoms with Gasteiger partial charge in [-0.05, 0) is 25.0 Å². The van der Waals surface area contributed by atoms with Crippen LogP contribution in [-0.4, -0.2) is 6.61 Å². The summed E-state index contributed by atoms with van der Waals surface area (Å²) in [6.07, 6.45) is 3.21. The molecule has 1 aromatic rings. The smallest absolute Gasteiger partial charge is 0.123 e. The molecule has 0 amide bonds. The fourth-order valence-electron chi connectivity index (χ4n) is 1.21. The first-order valence-electron chi connectivity index (χ1n) is 3.62. The van der Waals surface area contributed by atoms with E-state index in [0.29, 0.717) is 0 Å². The minimum atomic E-state index is 0.809. The lowest BCUT2D eigenvalue weighted by Crippen LogP contribution is -2.06. The highest BCUT2D eigenvalue weighted by Crippen LogP contribution is 2.31. The highest BCUT2D eigenvalue weighted by Gasteiger charge is 2.11. The van der Waals surface area contributed by atoms with Crippen LogP contribution in [0.15, 0.2) is 22.7 Å². The summed E-state index contributed by atoms with van der Waals surface area (Å²) in [5.74, 6) is 0.991. The van der Waals surface area contributed by atoms with Gasteiger partial charge < -0.3 is 4.74 Å². The maximum absolute atomic E-state index is 5.44. The Hall–Kier alpha value is -0.500. The van der Waals surface area contributed by atoms with Gasteiger partial charge in [0.25, 0.3) is 0 Å². The van der Waals surface area contributed by atoms with Gasteiger partial charge in [0.1, 0.15) is 5.75 Å². The first kappa shape index (κ1) is 7.17. The van der Waals surface area contributed by atoms with Crippen LogP contribution in [0.1, 0.15) is 12.0 Å². The first-order chi connectivity index (χ1) is 5.38. The zero-order valence-corrected chi connectivity index (χ0v) is 7.60. The van der Waals surface area contributed by atoms with E-state index >= 15 is 0 Å². The molecule has 0 aromatic heterocycles. The van der Waals surface area contributed by atoms with E-state index in [1.54, 1.807) is 0 Å². The van der Waals surface area contributed by atoms with Crippen molar-refractivity contribution >= 4 is 15.9 Å². The predicted molar refractivity (Wildman–Crippen MR) is 47.7 cm³/mol. The fourth-order valence-corrected chi connectivity index (χ4v) is 1.72. The summed E-state index contributed by atoms with van der Waals surface area (Å²) < 4.78 is 6.56. The van der Waals surface area contributed by atoms with Crippen LogP contribution < -0.4 is 4.74 Å². The molecule has 1 aromatic carbocycles. The molecule has 1 radical (unpaired) electrons. The molecule has 11 heavy (non-hydrogen) atoms. The van der Waals surface area contributed by atoms with E-state index in [4.69, 9.17) is 4.74 Å². The molecule has 1 aliphatic rings. The van der Waals surface area contributed by atoms with Gasteiger partial charge in [-0.1, -0.05) is 22.0 Å². The van der Waals surface area contributed by atoms with Crippen molar-refractivity contribution in [3.05, 3.63) is 34.7 Å². The topological polar surface area (TPSA) is 9.23 Å². The standard InChI is InChI=1S/C9H8BrO/c10-8-4-1-5-9-7(8)3-2-6-11-9/h1,3-5H,2,6H2. The molecule has 0 spiro atoms. The Morgan fingerprint density at radius 1 is 1.36 bits per heavy atom. The maximum Gasteiger partial charge on any atom is 0.123 e. The maximum atomic E-state index is 5.44. The summed E-state index contributed by atoms with van der Waals surface area (Å²) in [6.45, 7) is 0.809. The lowest BCUT2D eigenvalue weighted by molar-refractivity contribution is 0.306. The Bertz CT molecular complexity index is 270. The quantitative estimate of drug-likeness (QED) is 0.642. The van der Waals surface area contributed by atoms with E-state index in [2.05, 4.69) is 22.4 Å². The molecule has 0 saturated heterocycles. The molecule has 1 aliphatic heterocycles. The number of benzene rings is 1. The average Bonchev–Trinajstić information content (AvgIpc) is 2.06. The Morgan fingerprint density at radius 2 is 2.27 bits per heavy atom. The van der Waals surface area contributed by atoms with Crippen molar-refractivity contribution in [1.82, 2.24) is 0 Å². The summed E-state index contributed by atoms with van der Waals surface area (Å²) in [6, 6.07) is 6.02. The van der Waals surface area contributed by atoms with Crippen LogP contribution in [0.2, 0.25) is 0 Å². The molecule has 2 rings (SSSR count). The summed E-state index contributed by atoms with van der Waals surface area (Å²) in [5.41, 5.74) is 1.19. The van der Waals surface area contributed by atoms with Gasteiger partial charge in [0.2, 0.25) is 0 Å². The molecule has 57 valence electrons. The third kappa shape index (κ3) is 1.27. The lowest BCUT2D eigenvalue weighted by Gasteiger charge is -2.17. The van der Waals surface area contributed by atoms with Gasteiger partial charge in [-0.2, -0.15) is 0 Å². The van der Waals surface area contributed by atoms with Gasteiger partial charge >= 0.3 is 0 Å². The summed E-state index contributed by atoms with van der Waals surface area (Å²) in [5, 5.41) is 0. The number of hydrogen-bond acceptors (Lipinski definition) is 1. The number of halogens is 1. The van der Waals surface area contributed by atoms with E-state index in [9.17, 15) is 0 Å². The molecule has 0 saturated carbocycles. The molecule has 1 heterocycles. The van der Waals surface area contributed by atoms with Crippen LogP contribution in [0.5, 0.6) is 5.75 Å². The number of ether oxygens (including phenoxy) is 1. The summed E-state index contributed by atoms with van der Waals surface area (Å²) in [7, 11) is 0. The van der Waals surface area contributed by atoms with E-state index in [0.717, 1.165) is 23.2 Å². The van der Waals surface area contributed by atoms with Gasteiger partial charge in [0.05, 0.1) is 6.61 Å². The normalized spacial score (nSPS) is 15.4. The van der Waals surface area contributed by atoms with Gasteiger partial charge in [-0.15, -0.1) is 0 Å². The lowest BCUT2D eigenvalue weighted by atomic mass is 10.1. The van der Waals surface area contributed by atoms with Gasteiger partial charge in [-0.3, -0.25) is 0 Å². The van der Waals surface area contributed by atoms with E-state index in [-0.39, 0.29) is 0 Å². The second-order valence-electron chi connectivity index (χ2n) is 2.49. The van der Waals surface area contributed by atoms with Crippen LogP contribution in [0.3, 0.4) is 0 Å². The van der Waals surface area contributed by atoms with Crippen molar-refractivity contribution in [1.29, 1.82) is 0 Å². The molecule has 0 aliphatic carbocycles. The van der Waals surface area contributed by atoms with Crippen LogP contribution in [0.4, 0.5) is 0 Å². The largest absolute Gasteiger partial charge is 0.493 e. The van der Waals surface area contributed by atoms with Crippen LogP contribution >= 0.6 is 15.9 Å². The van der Waals surface area contributed by atoms with E-state index in [1.807, 2.05) is 18.2 Å². The third-order valence-corrected chi connectivity index (χ3v) is 2.43. The Kier molecular flexibility index (Phi) is 1.86. The second-order valence-corrected chi connectivity index (χ2v) is 3.35. The zero-order valence-electron chi connectivity index (χ0n) is 6.01. The van der Waals surface area contributed by atoms with Crippen LogP contribution in [-0.2, 0) is 0 Å². The van der Waals surface area contributed by atoms with Crippen molar-refractivity contribution in [2.45, 2.75) is 6.42 Å². The number of fused-ring (bicyclic) bond motifs is 1. The Balaban J connectivity index is 2.49. The fraction of sp³-hybridized carbons (Fsp3) is 0.222. The minimum Gasteiger partial charge on any atom is -0.493 e. The zero-order chi connectivity index (χ0) is 7.68. The van der Waals surface area contributed by atoms with Crippen molar-refractivity contribution < 1.29 is 4.74 Å². The van der Waals surface area contributed by atoms with E-state index in [1.165, 1.54) is 5.56 Å². The molecule has 0 unspecified atom stereocenters. The molecular weight excluding hydrogens is 204 g/mol. The molecule has 0 fully saturated rings. The first-order valence-corrected chi connectivity index (χ1v) is 4.42. The van der Waals surface area contributed by atoms with Gasteiger partial charge in [0, 0.05) is 10.0 Å². The van der Waals surface area contributed by atoms with Gasteiger partial charge in [0.15, 0.2) is 0 Å². The van der Waals surface area contributed by atoms with E-state index < -0.39 is 0 Å². The summed E-state index contributed by atoms with van der Waals surface area (Å²) >= 11 is 3.47. The van der Waals surface area contributed by atoms with Crippen molar-refractivity contribution in [2.24, 2.45) is 0 Å².